The Morgan fingerprint density at radius 3 is 2.56 bits per heavy atom. The molecule has 1 aromatic heterocycles. The van der Waals surface area contributed by atoms with Crippen molar-refractivity contribution in [1.82, 2.24) is 4.98 Å². The Labute approximate surface area is 91.1 Å². The number of nitro benzene ring substituents is 1. The Bertz CT molecular complexity index is 504. The Balaban J connectivity index is 2.30. The number of anilines is 1. The van der Waals surface area contributed by atoms with Gasteiger partial charge in [0, 0.05) is 24.7 Å². The van der Waals surface area contributed by atoms with Crippen molar-refractivity contribution < 1.29 is 9.34 Å². The van der Waals surface area contributed by atoms with Gasteiger partial charge in [0.15, 0.2) is 5.76 Å². The highest BCUT2D eigenvalue weighted by Crippen LogP contribution is 2.24. The largest absolute Gasteiger partial charge is 0.424 e. The number of hydrogen-bond acceptors (Lipinski definition) is 5. The van der Waals surface area contributed by atoms with Gasteiger partial charge in [-0.25, -0.2) is 4.98 Å². The van der Waals surface area contributed by atoms with E-state index in [4.69, 9.17) is 4.42 Å². The first kappa shape index (κ1) is 10.2. The van der Waals surface area contributed by atoms with Gasteiger partial charge in [0.05, 0.1) is 11.1 Å². The van der Waals surface area contributed by atoms with Crippen LogP contribution in [-0.4, -0.2) is 17.0 Å². The van der Waals surface area contributed by atoms with Gasteiger partial charge in [-0.3, -0.25) is 10.1 Å². The first-order valence-electron chi connectivity index (χ1n) is 4.59. The number of nitrogens with zero attached hydrogens (tertiary/aromatic N) is 2. The van der Waals surface area contributed by atoms with Crippen molar-refractivity contribution in [3.63, 3.8) is 0 Å². The summed E-state index contributed by atoms with van der Waals surface area (Å²) in [4.78, 5) is 14.0. The lowest BCUT2D eigenvalue weighted by Gasteiger charge is -1.95. The summed E-state index contributed by atoms with van der Waals surface area (Å²) >= 11 is 0. The van der Waals surface area contributed by atoms with Crippen LogP contribution < -0.4 is 5.32 Å². The zero-order valence-corrected chi connectivity index (χ0v) is 8.51. The molecule has 0 fully saturated rings. The van der Waals surface area contributed by atoms with E-state index >= 15 is 0 Å². The Hall–Kier alpha value is -2.37. The summed E-state index contributed by atoms with van der Waals surface area (Å²) in [6.07, 6.45) is 1.56. The van der Waals surface area contributed by atoms with E-state index < -0.39 is 4.92 Å². The molecule has 6 heteroatoms. The van der Waals surface area contributed by atoms with Crippen molar-refractivity contribution in [2.24, 2.45) is 0 Å². The van der Waals surface area contributed by atoms with Crippen LogP contribution in [0.3, 0.4) is 0 Å². The number of aromatic nitrogens is 1. The quantitative estimate of drug-likeness (QED) is 0.632. The number of oxazole rings is 1. The van der Waals surface area contributed by atoms with Crippen LogP contribution in [0.4, 0.5) is 11.7 Å². The van der Waals surface area contributed by atoms with Crippen molar-refractivity contribution in [1.29, 1.82) is 0 Å². The molecule has 0 saturated heterocycles. The first-order chi connectivity index (χ1) is 7.70. The Kier molecular flexibility index (Phi) is 2.55. The van der Waals surface area contributed by atoms with Gasteiger partial charge in [0.25, 0.3) is 11.7 Å². The predicted octanol–water partition coefficient (Wildman–Crippen LogP) is 2.29. The molecule has 0 atom stereocenters. The predicted molar refractivity (Wildman–Crippen MR) is 58.1 cm³/mol. The molecule has 0 radical (unpaired) electrons. The molecule has 0 bridgehead atoms. The number of non-ortho nitro benzene ring substituents is 1. The van der Waals surface area contributed by atoms with Gasteiger partial charge >= 0.3 is 0 Å². The highest BCUT2D eigenvalue weighted by atomic mass is 16.6. The molecule has 0 spiro atoms. The van der Waals surface area contributed by atoms with Gasteiger partial charge in [-0.1, -0.05) is 0 Å². The summed E-state index contributed by atoms with van der Waals surface area (Å²) in [7, 11) is 1.70. The standard InChI is InChI=1S/C10H9N3O3/c1-11-10-12-6-9(16-10)7-2-4-8(5-3-7)13(14)15/h2-6H,1H3,(H,11,12). The Morgan fingerprint density at radius 2 is 2.06 bits per heavy atom. The highest BCUT2D eigenvalue weighted by Gasteiger charge is 2.08. The van der Waals surface area contributed by atoms with E-state index in [0.29, 0.717) is 11.8 Å². The lowest BCUT2D eigenvalue weighted by atomic mass is 10.2. The third kappa shape index (κ3) is 1.85. The van der Waals surface area contributed by atoms with Crippen LogP contribution in [0.1, 0.15) is 0 Å². The van der Waals surface area contributed by atoms with E-state index in [0.717, 1.165) is 5.56 Å². The molecule has 2 rings (SSSR count). The molecule has 0 aliphatic heterocycles. The van der Waals surface area contributed by atoms with E-state index in [1.165, 1.54) is 12.1 Å². The molecule has 82 valence electrons. The minimum atomic E-state index is -0.441. The fourth-order valence-electron chi connectivity index (χ4n) is 1.27. The minimum Gasteiger partial charge on any atom is -0.424 e. The molecule has 6 nitrogen and oxygen atoms in total. The van der Waals surface area contributed by atoms with Gasteiger partial charge in [-0.15, -0.1) is 0 Å². The molecule has 0 unspecified atom stereocenters. The van der Waals surface area contributed by atoms with Crippen LogP contribution in [0.5, 0.6) is 0 Å². The van der Waals surface area contributed by atoms with Crippen LogP contribution in [0.15, 0.2) is 34.9 Å². The molecule has 0 aliphatic carbocycles. The lowest BCUT2D eigenvalue weighted by Crippen LogP contribution is -1.86. The van der Waals surface area contributed by atoms with Crippen molar-refractivity contribution in [3.05, 3.63) is 40.6 Å². The maximum absolute atomic E-state index is 10.5. The van der Waals surface area contributed by atoms with Gasteiger partial charge in [-0.05, 0) is 12.1 Å². The fourth-order valence-corrected chi connectivity index (χ4v) is 1.27. The van der Waals surface area contributed by atoms with Crippen LogP contribution >= 0.6 is 0 Å². The average molecular weight is 219 g/mol. The molecule has 0 amide bonds. The van der Waals surface area contributed by atoms with Gasteiger partial charge < -0.3 is 9.73 Å². The Morgan fingerprint density at radius 1 is 1.38 bits per heavy atom. The van der Waals surface area contributed by atoms with E-state index in [9.17, 15) is 10.1 Å². The van der Waals surface area contributed by atoms with Gasteiger partial charge in [0.1, 0.15) is 0 Å². The summed E-state index contributed by atoms with van der Waals surface area (Å²) < 4.78 is 5.33. The molecule has 16 heavy (non-hydrogen) atoms. The minimum absolute atomic E-state index is 0.0529. The number of nitro groups is 1. The third-order valence-electron chi connectivity index (χ3n) is 2.08. The second-order valence-corrected chi connectivity index (χ2v) is 3.08. The van der Waals surface area contributed by atoms with E-state index in [1.807, 2.05) is 0 Å². The van der Waals surface area contributed by atoms with E-state index in [1.54, 1.807) is 25.4 Å². The van der Waals surface area contributed by atoms with E-state index in [2.05, 4.69) is 10.3 Å². The van der Waals surface area contributed by atoms with Crippen LogP contribution in [0.2, 0.25) is 0 Å². The first-order valence-corrected chi connectivity index (χ1v) is 4.59. The van der Waals surface area contributed by atoms with Crippen molar-refractivity contribution in [2.45, 2.75) is 0 Å². The summed E-state index contributed by atoms with van der Waals surface area (Å²) in [5.74, 6) is 0.569. The maximum atomic E-state index is 10.5. The SMILES string of the molecule is CNc1ncc(-c2ccc([N+](=O)[O-])cc2)o1. The zero-order valence-electron chi connectivity index (χ0n) is 8.51. The summed E-state index contributed by atoms with van der Waals surface area (Å²) in [5, 5.41) is 13.2. The number of benzene rings is 1. The molecule has 1 N–H and O–H groups in total. The zero-order chi connectivity index (χ0) is 11.5. The monoisotopic (exact) mass is 219 g/mol. The van der Waals surface area contributed by atoms with Crippen LogP contribution in [0, 0.1) is 10.1 Å². The van der Waals surface area contributed by atoms with Crippen molar-refractivity contribution in [3.8, 4) is 11.3 Å². The summed E-state index contributed by atoms with van der Waals surface area (Å²) in [6, 6.07) is 6.51. The van der Waals surface area contributed by atoms with Crippen LogP contribution in [-0.2, 0) is 0 Å². The van der Waals surface area contributed by atoms with Gasteiger partial charge in [-0.2, -0.15) is 0 Å². The normalized spacial score (nSPS) is 10.1. The second kappa shape index (κ2) is 4.01. The third-order valence-corrected chi connectivity index (χ3v) is 2.08. The lowest BCUT2D eigenvalue weighted by molar-refractivity contribution is -0.384. The number of nitrogens with one attached hydrogen (secondary N) is 1. The van der Waals surface area contributed by atoms with Gasteiger partial charge in [0.2, 0.25) is 0 Å². The molecule has 1 aromatic carbocycles. The topological polar surface area (TPSA) is 81.2 Å². The molecule has 0 saturated carbocycles. The average Bonchev–Trinajstić information content (AvgIpc) is 2.77. The van der Waals surface area contributed by atoms with Crippen LogP contribution in [0.25, 0.3) is 11.3 Å². The molecular formula is C10H9N3O3. The highest BCUT2D eigenvalue weighted by molar-refractivity contribution is 5.59. The number of rotatable bonds is 3. The second-order valence-electron chi connectivity index (χ2n) is 3.08. The number of hydrogen-bond donors (Lipinski definition) is 1. The molecular weight excluding hydrogens is 210 g/mol. The summed E-state index contributed by atoms with van der Waals surface area (Å²) in [6.45, 7) is 0. The molecule has 0 aliphatic rings. The smallest absolute Gasteiger partial charge is 0.294 e. The summed E-state index contributed by atoms with van der Waals surface area (Å²) in [5.41, 5.74) is 0.803. The fraction of sp³-hybridized carbons (Fsp3) is 0.100. The van der Waals surface area contributed by atoms with Crippen molar-refractivity contribution >= 4 is 11.7 Å². The molecule has 1 heterocycles. The maximum Gasteiger partial charge on any atom is 0.294 e. The van der Waals surface area contributed by atoms with E-state index in [-0.39, 0.29) is 5.69 Å². The molecule has 2 aromatic rings. The van der Waals surface area contributed by atoms with Crippen molar-refractivity contribution in [2.75, 3.05) is 12.4 Å².